The first kappa shape index (κ1) is 18.0. The summed E-state index contributed by atoms with van der Waals surface area (Å²) in [4.78, 5) is 0. The van der Waals surface area contributed by atoms with Crippen molar-refractivity contribution in [3.05, 3.63) is 108 Å². The van der Waals surface area contributed by atoms with E-state index in [1.165, 1.54) is 49.5 Å². The van der Waals surface area contributed by atoms with E-state index in [4.69, 9.17) is 4.42 Å². The average molecular weight is 399 g/mol. The zero-order valence-electron chi connectivity index (χ0n) is 17.6. The van der Waals surface area contributed by atoms with Gasteiger partial charge in [-0.05, 0) is 47.9 Å². The lowest BCUT2D eigenvalue weighted by molar-refractivity contribution is 0.622. The van der Waals surface area contributed by atoms with Gasteiger partial charge in [0.25, 0.3) is 0 Å². The molecular formula is C30H22O. The zero-order valence-corrected chi connectivity index (χ0v) is 17.6. The normalized spacial score (nSPS) is 11.5. The molecule has 1 heterocycles. The van der Waals surface area contributed by atoms with Crippen LogP contribution in [-0.2, 0) is 0 Å². The van der Waals surface area contributed by atoms with Gasteiger partial charge in [-0.15, -0.1) is 0 Å². The lowest BCUT2D eigenvalue weighted by atomic mass is 9.93. The Balaban J connectivity index is 1.89. The van der Waals surface area contributed by atoms with E-state index in [0.717, 1.165) is 16.9 Å². The maximum atomic E-state index is 6.61. The smallest absolute Gasteiger partial charge is 0.143 e. The van der Waals surface area contributed by atoms with Crippen LogP contribution in [-0.4, -0.2) is 0 Å². The van der Waals surface area contributed by atoms with E-state index in [2.05, 4.69) is 105 Å². The predicted octanol–water partition coefficient (Wildman–Crippen LogP) is 8.64. The van der Waals surface area contributed by atoms with Crippen LogP contribution in [0.15, 0.2) is 101 Å². The molecule has 1 aliphatic heterocycles. The lowest BCUT2D eigenvalue weighted by Crippen LogP contribution is -1.89. The van der Waals surface area contributed by atoms with Gasteiger partial charge in [0.1, 0.15) is 11.3 Å². The summed E-state index contributed by atoms with van der Waals surface area (Å²) in [6, 6.07) is 34.5. The zero-order chi connectivity index (χ0) is 20.9. The molecule has 4 aromatic rings. The highest BCUT2D eigenvalue weighted by Gasteiger charge is 2.27. The molecule has 4 aromatic carbocycles. The fourth-order valence-electron chi connectivity index (χ4n) is 4.77. The van der Waals surface area contributed by atoms with Crippen LogP contribution in [0.2, 0.25) is 0 Å². The number of hydrogen-bond donors (Lipinski definition) is 0. The van der Waals surface area contributed by atoms with Gasteiger partial charge in [-0.3, -0.25) is 0 Å². The molecule has 0 unspecified atom stereocenters. The first-order valence-corrected chi connectivity index (χ1v) is 10.7. The molecule has 0 amide bonds. The molecule has 148 valence electrons. The molecule has 0 atom stereocenters. The van der Waals surface area contributed by atoms with Crippen molar-refractivity contribution in [2.24, 2.45) is 0 Å². The standard InChI is InChI=1S/C30H22O/c1-19-13-15-23-24(17-19)29-28(27(23)21-9-5-3-6-10-21)25-18-20(2)14-16-26(25)31-30(29)22-11-7-4-8-12-22/h3-18H,1-2H3. The third kappa shape index (κ3) is 2.78. The highest BCUT2D eigenvalue weighted by atomic mass is 16.3. The van der Waals surface area contributed by atoms with Crippen LogP contribution in [0.1, 0.15) is 11.1 Å². The molecule has 0 fully saturated rings. The van der Waals surface area contributed by atoms with Crippen molar-refractivity contribution < 1.29 is 4.42 Å². The van der Waals surface area contributed by atoms with Crippen molar-refractivity contribution in [2.45, 2.75) is 13.8 Å². The van der Waals surface area contributed by atoms with E-state index in [1.54, 1.807) is 0 Å². The Morgan fingerprint density at radius 1 is 0.484 bits per heavy atom. The summed E-state index contributed by atoms with van der Waals surface area (Å²) in [7, 11) is 0. The summed E-state index contributed by atoms with van der Waals surface area (Å²) in [5, 5.41) is 3.69. The molecule has 0 saturated carbocycles. The van der Waals surface area contributed by atoms with E-state index in [-0.39, 0.29) is 0 Å². The lowest BCUT2D eigenvalue weighted by Gasteiger charge is -2.15. The van der Waals surface area contributed by atoms with Gasteiger partial charge in [-0.25, -0.2) is 0 Å². The Morgan fingerprint density at radius 3 is 1.81 bits per heavy atom. The third-order valence-electron chi connectivity index (χ3n) is 6.16. The fraction of sp³-hybridized carbons (Fsp3) is 0.0667. The number of fused-ring (bicyclic) bond motifs is 5. The van der Waals surface area contributed by atoms with Gasteiger partial charge >= 0.3 is 0 Å². The molecule has 0 spiro atoms. The van der Waals surface area contributed by atoms with Crippen molar-refractivity contribution in [1.82, 2.24) is 0 Å². The monoisotopic (exact) mass is 398 g/mol. The van der Waals surface area contributed by atoms with E-state index in [9.17, 15) is 0 Å². The molecule has 2 aliphatic rings. The van der Waals surface area contributed by atoms with Gasteiger partial charge in [0, 0.05) is 22.1 Å². The highest BCUT2D eigenvalue weighted by Crippen LogP contribution is 2.52. The number of benzene rings is 4. The number of aryl methyl sites for hydroxylation is 2. The molecule has 6 rings (SSSR count). The average Bonchev–Trinajstić information content (AvgIpc) is 3.14. The molecule has 1 aliphatic carbocycles. The molecule has 0 saturated heterocycles. The topological polar surface area (TPSA) is 13.1 Å². The van der Waals surface area contributed by atoms with E-state index >= 15 is 0 Å². The van der Waals surface area contributed by atoms with E-state index in [1.807, 2.05) is 6.07 Å². The van der Waals surface area contributed by atoms with Crippen molar-refractivity contribution in [3.63, 3.8) is 0 Å². The predicted molar refractivity (Wildman–Crippen MR) is 131 cm³/mol. The summed E-state index contributed by atoms with van der Waals surface area (Å²) in [5.74, 6) is 0.935. The van der Waals surface area contributed by atoms with Gasteiger partial charge in [-0.2, -0.15) is 0 Å². The second-order valence-electron chi connectivity index (χ2n) is 8.34. The van der Waals surface area contributed by atoms with Crippen LogP contribution in [0, 0.1) is 13.8 Å². The highest BCUT2D eigenvalue weighted by molar-refractivity contribution is 6.23. The minimum absolute atomic E-state index is 0.918. The molecule has 31 heavy (non-hydrogen) atoms. The minimum atomic E-state index is 0.918. The van der Waals surface area contributed by atoms with Gasteiger partial charge in [0.05, 0.1) is 0 Å². The van der Waals surface area contributed by atoms with Crippen LogP contribution in [0.5, 0.6) is 0 Å². The van der Waals surface area contributed by atoms with E-state index < -0.39 is 0 Å². The Kier molecular flexibility index (Phi) is 3.97. The van der Waals surface area contributed by atoms with Crippen molar-refractivity contribution in [2.75, 3.05) is 0 Å². The van der Waals surface area contributed by atoms with Gasteiger partial charge in [0.15, 0.2) is 0 Å². The maximum absolute atomic E-state index is 6.61. The van der Waals surface area contributed by atoms with E-state index in [0.29, 0.717) is 0 Å². The Hall–Kier alpha value is -3.84. The summed E-state index contributed by atoms with van der Waals surface area (Å²) in [6.07, 6.45) is 0. The molecule has 0 aromatic heterocycles. The van der Waals surface area contributed by atoms with Crippen molar-refractivity contribution in [3.8, 4) is 33.6 Å². The molecule has 0 bridgehead atoms. The molecule has 0 N–H and O–H groups in total. The number of rotatable bonds is 2. The van der Waals surface area contributed by atoms with Crippen LogP contribution in [0.3, 0.4) is 0 Å². The second kappa shape index (κ2) is 6.85. The molecule has 1 heteroatoms. The molecule has 0 radical (unpaired) electrons. The van der Waals surface area contributed by atoms with Crippen molar-refractivity contribution >= 4 is 21.7 Å². The van der Waals surface area contributed by atoms with Crippen molar-refractivity contribution in [1.29, 1.82) is 0 Å². The Morgan fingerprint density at radius 2 is 1.10 bits per heavy atom. The largest absolute Gasteiger partial charge is 0.455 e. The second-order valence-corrected chi connectivity index (χ2v) is 8.34. The van der Waals surface area contributed by atoms with Gasteiger partial charge < -0.3 is 4.42 Å². The van der Waals surface area contributed by atoms with Crippen LogP contribution in [0.25, 0.3) is 55.3 Å². The van der Waals surface area contributed by atoms with Crippen LogP contribution in [0.4, 0.5) is 0 Å². The Bertz CT molecular complexity index is 1520. The summed E-state index contributed by atoms with van der Waals surface area (Å²) < 4.78 is 6.61. The summed E-state index contributed by atoms with van der Waals surface area (Å²) in [6.45, 7) is 4.30. The fourth-order valence-corrected chi connectivity index (χ4v) is 4.77. The Labute approximate surface area is 181 Å². The first-order chi connectivity index (χ1) is 15.2. The quantitative estimate of drug-likeness (QED) is 0.284. The summed E-state index contributed by atoms with van der Waals surface area (Å²) >= 11 is 0. The van der Waals surface area contributed by atoms with Gasteiger partial charge in [0.2, 0.25) is 0 Å². The molecular weight excluding hydrogens is 376 g/mol. The number of hydrogen-bond acceptors (Lipinski definition) is 1. The summed E-state index contributed by atoms with van der Waals surface area (Å²) in [5.41, 5.74) is 9.49. The minimum Gasteiger partial charge on any atom is -0.455 e. The van der Waals surface area contributed by atoms with Crippen LogP contribution >= 0.6 is 0 Å². The third-order valence-corrected chi connectivity index (χ3v) is 6.16. The van der Waals surface area contributed by atoms with Gasteiger partial charge in [-0.1, -0.05) is 96.1 Å². The first-order valence-electron chi connectivity index (χ1n) is 10.7. The maximum Gasteiger partial charge on any atom is 0.143 e. The molecule has 1 nitrogen and oxygen atoms in total. The van der Waals surface area contributed by atoms with Crippen LogP contribution < -0.4 is 0 Å². The SMILES string of the molecule is Cc1ccc2oc(-c3ccccc3)c3c4cc(C)ccc4c(-c4ccccc4)c-3c2c1.